The third-order valence-corrected chi connectivity index (χ3v) is 6.29. The molecule has 1 N–H and O–H groups in total. The van der Waals surface area contributed by atoms with Gasteiger partial charge in [-0.3, -0.25) is 9.69 Å². The molecule has 2 aromatic rings. The molecule has 31 heavy (non-hydrogen) atoms. The van der Waals surface area contributed by atoms with Crippen LogP contribution in [0.1, 0.15) is 38.7 Å². The number of ether oxygens (including phenoxy) is 1. The first-order valence-electron chi connectivity index (χ1n) is 11.3. The third-order valence-electron chi connectivity index (χ3n) is 6.29. The van der Waals surface area contributed by atoms with Gasteiger partial charge in [-0.05, 0) is 55.5 Å². The van der Waals surface area contributed by atoms with E-state index >= 15 is 0 Å². The summed E-state index contributed by atoms with van der Waals surface area (Å²) < 4.78 is 6.00. The van der Waals surface area contributed by atoms with Gasteiger partial charge in [-0.2, -0.15) is 0 Å². The highest BCUT2D eigenvalue weighted by Gasteiger charge is 2.34. The first-order valence-corrected chi connectivity index (χ1v) is 11.3. The largest absolute Gasteiger partial charge is 0.486 e. The molecule has 2 aromatic carbocycles. The van der Waals surface area contributed by atoms with Crippen LogP contribution in [0.5, 0.6) is 5.75 Å². The van der Waals surface area contributed by atoms with Gasteiger partial charge in [-0.1, -0.05) is 38.1 Å². The average molecular weight is 422 g/mol. The molecular formula is C25H31N3O3. The minimum atomic E-state index is -0.0738. The number of urea groups is 1. The van der Waals surface area contributed by atoms with Crippen molar-refractivity contribution in [3.8, 4) is 5.75 Å². The van der Waals surface area contributed by atoms with Gasteiger partial charge in [0.1, 0.15) is 11.9 Å². The monoisotopic (exact) mass is 421 g/mol. The van der Waals surface area contributed by atoms with Crippen LogP contribution in [0.2, 0.25) is 0 Å². The highest BCUT2D eigenvalue weighted by Crippen LogP contribution is 2.35. The molecule has 1 unspecified atom stereocenters. The van der Waals surface area contributed by atoms with Crippen molar-refractivity contribution < 1.29 is 14.3 Å². The van der Waals surface area contributed by atoms with E-state index in [0.717, 1.165) is 30.0 Å². The van der Waals surface area contributed by atoms with Crippen molar-refractivity contribution >= 4 is 23.3 Å². The second-order valence-corrected chi connectivity index (χ2v) is 8.31. The summed E-state index contributed by atoms with van der Waals surface area (Å²) in [5, 5.41) is 3.03. The molecule has 2 aliphatic heterocycles. The highest BCUT2D eigenvalue weighted by molar-refractivity contribution is 5.95. The fraction of sp³-hybridized carbons (Fsp3) is 0.440. The number of nitrogens with zero attached hydrogens (tertiary/aromatic N) is 2. The molecule has 0 radical (unpaired) electrons. The normalized spacial score (nSPS) is 18.8. The van der Waals surface area contributed by atoms with Crippen LogP contribution < -0.4 is 15.0 Å². The number of likely N-dealkylation sites (tertiary alicyclic amines) is 1. The van der Waals surface area contributed by atoms with Crippen LogP contribution in [0.25, 0.3) is 0 Å². The number of nitrogens with one attached hydrogen (secondary N) is 1. The Hall–Kier alpha value is -3.02. The quantitative estimate of drug-likeness (QED) is 0.779. The smallest absolute Gasteiger partial charge is 0.324 e. The number of piperidine rings is 1. The molecule has 3 amide bonds. The highest BCUT2D eigenvalue weighted by atomic mass is 16.5. The SMILES string of the molecule is CCc1ccc(NC(=O)C2CCN(C(=O)N3CC(CC)Oc4ccccc43)CC2)cc1. The van der Waals surface area contributed by atoms with Crippen LogP contribution >= 0.6 is 0 Å². The summed E-state index contributed by atoms with van der Waals surface area (Å²) in [5.74, 6) is 0.728. The minimum absolute atomic E-state index is 0.00117. The van der Waals surface area contributed by atoms with Crippen molar-refractivity contribution in [3.63, 3.8) is 0 Å². The van der Waals surface area contributed by atoms with E-state index < -0.39 is 0 Å². The zero-order valence-electron chi connectivity index (χ0n) is 18.3. The first kappa shape index (κ1) is 21.2. The Balaban J connectivity index is 1.36. The molecule has 0 bridgehead atoms. The van der Waals surface area contributed by atoms with Gasteiger partial charge >= 0.3 is 6.03 Å². The zero-order chi connectivity index (χ0) is 21.8. The maximum Gasteiger partial charge on any atom is 0.324 e. The molecule has 1 fully saturated rings. The molecular weight excluding hydrogens is 390 g/mol. The Morgan fingerprint density at radius 1 is 1.03 bits per heavy atom. The molecule has 2 aliphatic rings. The van der Waals surface area contributed by atoms with E-state index in [4.69, 9.17) is 4.74 Å². The fourth-order valence-electron chi connectivity index (χ4n) is 4.26. The number of carbonyl (C=O) groups excluding carboxylic acids is 2. The Morgan fingerprint density at radius 3 is 2.42 bits per heavy atom. The van der Waals surface area contributed by atoms with Crippen molar-refractivity contribution in [3.05, 3.63) is 54.1 Å². The van der Waals surface area contributed by atoms with Gasteiger partial charge in [0.25, 0.3) is 0 Å². The molecule has 1 atom stereocenters. The van der Waals surface area contributed by atoms with Gasteiger partial charge < -0.3 is 15.0 Å². The Kier molecular flexibility index (Phi) is 6.44. The third kappa shape index (κ3) is 4.68. The van der Waals surface area contributed by atoms with E-state index in [1.54, 1.807) is 0 Å². The van der Waals surface area contributed by atoms with Crippen molar-refractivity contribution in [2.24, 2.45) is 5.92 Å². The molecule has 0 aromatic heterocycles. The predicted octanol–water partition coefficient (Wildman–Crippen LogP) is 4.70. The van der Waals surface area contributed by atoms with Crippen LogP contribution in [-0.4, -0.2) is 42.6 Å². The number of benzene rings is 2. The Labute approximate surface area is 184 Å². The number of rotatable bonds is 4. The van der Waals surface area contributed by atoms with Crippen LogP contribution in [0.4, 0.5) is 16.2 Å². The van der Waals surface area contributed by atoms with E-state index in [-0.39, 0.29) is 24.0 Å². The molecule has 0 spiro atoms. The number of carbonyl (C=O) groups is 2. The van der Waals surface area contributed by atoms with E-state index in [2.05, 4.69) is 19.2 Å². The summed E-state index contributed by atoms with van der Waals surface area (Å²) in [5.41, 5.74) is 2.91. The molecule has 0 aliphatic carbocycles. The lowest BCUT2D eigenvalue weighted by Gasteiger charge is -2.39. The molecule has 164 valence electrons. The molecule has 6 heteroatoms. The van der Waals surface area contributed by atoms with Crippen LogP contribution in [0.15, 0.2) is 48.5 Å². The number of anilines is 2. The Morgan fingerprint density at radius 2 is 1.74 bits per heavy atom. The van der Waals surface area contributed by atoms with Gasteiger partial charge in [0, 0.05) is 24.7 Å². The molecule has 1 saturated heterocycles. The van der Waals surface area contributed by atoms with Crippen molar-refractivity contribution in [2.45, 2.75) is 45.6 Å². The van der Waals surface area contributed by atoms with E-state index in [0.29, 0.717) is 32.5 Å². The lowest BCUT2D eigenvalue weighted by Crippen LogP contribution is -2.52. The lowest BCUT2D eigenvalue weighted by atomic mass is 9.96. The number of fused-ring (bicyclic) bond motifs is 1. The van der Waals surface area contributed by atoms with E-state index in [9.17, 15) is 9.59 Å². The number of aryl methyl sites for hydroxylation is 1. The summed E-state index contributed by atoms with van der Waals surface area (Å²) in [6, 6.07) is 15.7. The maximum absolute atomic E-state index is 13.3. The number of hydrogen-bond donors (Lipinski definition) is 1. The van der Waals surface area contributed by atoms with Crippen LogP contribution in [-0.2, 0) is 11.2 Å². The van der Waals surface area contributed by atoms with Gasteiger partial charge in [0.15, 0.2) is 0 Å². The molecule has 4 rings (SSSR count). The average Bonchev–Trinajstić information content (AvgIpc) is 2.83. The molecule has 6 nitrogen and oxygen atoms in total. The summed E-state index contributed by atoms with van der Waals surface area (Å²) in [6.07, 6.45) is 3.18. The maximum atomic E-state index is 13.3. The summed E-state index contributed by atoms with van der Waals surface area (Å²) >= 11 is 0. The van der Waals surface area contributed by atoms with Crippen molar-refractivity contribution in [2.75, 3.05) is 29.9 Å². The number of para-hydroxylation sites is 2. The molecule has 0 saturated carbocycles. The first-order chi connectivity index (χ1) is 15.1. The van der Waals surface area contributed by atoms with E-state index in [1.165, 1.54) is 5.56 Å². The molecule has 2 heterocycles. The second kappa shape index (κ2) is 9.41. The lowest BCUT2D eigenvalue weighted by molar-refractivity contribution is -0.121. The summed E-state index contributed by atoms with van der Waals surface area (Å²) in [7, 11) is 0. The fourth-order valence-corrected chi connectivity index (χ4v) is 4.26. The van der Waals surface area contributed by atoms with Crippen LogP contribution in [0.3, 0.4) is 0 Å². The summed E-state index contributed by atoms with van der Waals surface area (Å²) in [4.78, 5) is 29.7. The minimum Gasteiger partial charge on any atom is -0.486 e. The Bertz CT molecular complexity index is 920. The van der Waals surface area contributed by atoms with Crippen molar-refractivity contribution in [1.82, 2.24) is 4.90 Å². The number of hydrogen-bond acceptors (Lipinski definition) is 3. The zero-order valence-corrected chi connectivity index (χ0v) is 18.3. The summed E-state index contributed by atoms with van der Waals surface area (Å²) in [6.45, 7) is 5.91. The van der Waals surface area contributed by atoms with Gasteiger partial charge in [-0.15, -0.1) is 0 Å². The van der Waals surface area contributed by atoms with E-state index in [1.807, 2.05) is 58.3 Å². The standard InChI is InChI=1S/C25H31N3O3/c1-3-18-9-11-20(12-10-18)26-24(29)19-13-15-27(16-14-19)25(30)28-17-21(4-2)31-23-8-6-5-7-22(23)28/h5-12,19,21H,3-4,13-17H2,1-2H3,(H,26,29). The predicted molar refractivity (Wildman–Crippen MR) is 123 cm³/mol. The van der Waals surface area contributed by atoms with Crippen molar-refractivity contribution in [1.29, 1.82) is 0 Å². The van der Waals surface area contributed by atoms with Gasteiger partial charge in [0.05, 0.1) is 12.2 Å². The topological polar surface area (TPSA) is 61.9 Å². The van der Waals surface area contributed by atoms with Gasteiger partial charge in [-0.25, -0.2) is 4.79 Å². The van der Waals surface area contributed by atoms with Gasteiger partial charge in [0.2, 0.25) is 5.91 Å². The van der Waals surface area contributed by atoms with Crippen LogP contribution in [0, 0.1) is 5.92 Å². The second-order valence-electron chi connectivity index (χ2n) is 8.31. The number of amides is 3.